The molecule has 2 aromatic heterocycles. The summed E-state index contributed by atoms with van der Waals surface area (Å²) in [6, 6.07) is 9.00. The Morgan fingerprint density at radius 3 is 2.36 bits per heavy atom. The number of benzene rings is 1. The number of halogens is 1. The molecule has 11 heteroatoms. The molecular formula is C14H11ClN4O3S3. The highest BCUT2D eigenvalue weighted by molar-refractivity contribution is 7.94. The lowest BCUT2D eigenvalue weighted by Crippen LogP contribution is -2.13. The molecule has 0 radical (unpaired) electrons. The van der Waals surface area contributed by atoms with Crippen molar-refractivity contribution in [3.63, 3.8) is 0 Å². The van der Waals surface area contributed by atoms with Crippen LogP contribution in [0, 0.1) is 6.92 Å². The van der Waals surface area contributed by atoms with Crippen LogP contribution in [0.4, 0.5) is 10.8 Å². The molecule has 1 amide bonds. The molecule has 7 nitrogen and oxygen atoms in total. The number of aryl methyl sites for hydroxylation is 1. The molecule has 3 aromatic rings. The topological polar surface area (TPSA) is 101 Å². The van der Waals surface area contributed by atoms with E-state index in [1.807, 2.05) is 0 Å². The van der Waals surface area contributed by atoms with Gasteiger partial charge in [-0.3, -0.25) is 14.8 Å². The number of nitrogens with one attached hydrogen (secondary N) is 2. The zero-order valence-corrected chi connectivity index (χ0v) is 15.9. The van der Waals surface area contributed by atoms with Gasteiger partial charge in [-0.25, -0.2) is 8.42 Å². The second-order valence-electron chi connectivity index (χ2n) is 4.82. The van der Waals surface area contributed by atoms with E-state index in [0.717, 1.165) is 16.3 Å². The SMILES string of the molecule is Cc1nnc(NC(=O)c2ccc(NS(=O)(=O)c3ccc(Cl)s3)cc2)s1. The minimum absolute atomic E-state index is 0.117. The van der Waals surface area contributed by atoms with Crippen LogP contribution in [0.5, 0.6) is 0 Å². The first-order valence-corrected chi connectivity index (χ1v) is 10.3. The van der Waals surface area contributed by atoms with E-state index in [-0.39, 0.29) is 10.1 Å². The average molecular weight is 415 g/mol. The third-order valence-corrected chi connectivity index (χ3v) is 6.82. The number of carbonyl (C=O) groups is 1. The van der Waals surface area contributed by atoms with Gasteiger partial charge < -0.3 is 0 Å². The number of rotatable bonds is 5. The smallest absolute Gasteiger partial charge is 0.271 e. The van der Waals surface area contributed by atoms with Crippen LogP contribution in [0.15, 0.2) is 40.6 Å². The molecule has 0 fully saturated rings. The predicted molar refractivity (Wildman–Crippen MR) is 99.2 cm³/mol. The Morgan fingerprint density at radius 1 is 1.08 bits per heavy atom. The molecule has 1 aromatic carbocycles. The van der Waals surface area contributed by atoms with E-state index in [2.05, 4.69) is 20.2 Å². The Bertz CT molecular complexity index is 1010. The molecule has 0 aliphatic rings. The lowest BCUT2D eigenvalue weighted by atomic mass is 10.2. The van der Waals surface area contributed by atoms with Crippen molar-refractivity contribution in [3.8, 4) is 0 Å². The Kier molecular flexibility index (Phi) is 5.04. The van der Waals surface area contributed by atoms with E-state index < -0.39 is 10.0 Å². The zero-order chi connectivity index (χ0) is 18.0. The summed E-state index contributed by atoms with van der Waals surface area (Å²) >= 11 is 8.00. The standard InChI is InChI=1S/C14H11ClN4O3S3/c1-8-17-18-14(23-8)16-13(20)9-2-4-10(5-3-9)19-25(21,22)12-7-6-11(15)24-12/h2-7,19H,1H3,(H,16,18,20). The fourth-order valence-corrected chi connectivity index (χ4v) is 4.98. The van der Waals surface area contributed by atoms with Crippen LogP contribution >= 0.6 is 34.3 Å². The summed E-state index contributed by atoms with van der Waals surface area (Å²) < 4.78 is 27.4. The van der Waals surface area contributed by atoms with Crippen LogP contribution < -0.4 is 10.0 Å². The van der Waals surface area contributed by atoms with Crippen molar-refractivity contribution >= 4 is 61.0 Å². The van der Waals surface area contributed by atoms with Gasteiger partial charge in [0, 0.05) is 11.3 Å². The van der Waals surface area contributed by atoms with Crippen molar-refractivity contribution in [1.29, 1.82) is 0 Å². The lowest BCUT2D eigenvalue weighted by molar-refractivity contribution is 0.102. The first-order chi connectivity index (χ1) is 11.8. The van der Waals surface area contributed by atoms with Gasteiger partial charge in [-0.1, -0.05) is 22.9 Å². The summed E-state index contributed by atoms with van der Waals surface area (Å²) in [5.74, 6) is -0.351. The molecule has 0 atom stereocenters. The average Bonchev–Trinajstić information content (AvgIpc) is 3.16. The van der Waals surface area contributed by atoms with Crippen LogP contribution in [0.1, 0.15) is 15.4 Å². The number of amides is 1. The molecular weight excluding hydrogens is 404 g/mol. The van der Waals surface area contributed by atoms with Gasteiger partial charge in [0.05, 0.1) is 4.34 Å². The molecule has 0 spiro atoms. The normalized spacial score (nSPS) is 11.3. The highest BCUT2D eigenvalue weighted by Crippen LogP contribution is 2.27. The van der Waals surface area contributed by atoms with Crippen molar-refractivity contribution in [2.24, 2.45) is 0 Å². The van der Waals surface area contributed by atoms with Gasteiger partial charge in [0.25, 0.3) is 15.9 Å². The van der Waals surface area contributed by atoms with Gasteiger partial charge in [0.2, 0.25) is 5.13 Å². The van der Waals surface area contributed by atoms with Crippen molar-refractivity contribution in [1.82, 2.24) is 10.2 Å². The Balaban J connectivity index is 1.70. The minimum Gasteiger partial charge on any atom is -0.296 e. The number of hydrogen-bond donors (Lipinski definition) is 2. The lowest BCUT2D eigenvalue weighted by Gasteiger charge is -2.07. The van der Waals surface area contributed by atoms with Gasteiger partial charge in [0.1, 0.15) is 9.22 Å². The number of aromatic nitrogens is 2. The van der Waals surface area contributed by atoms with Crippen LogP contribution in [0.2, 0.25) is 4.34 Å². The van der Waals surface area contributed by atoms with Crippen molar-refractivity contribution in [3.05, 3.63) is 51.3 Å². The van der Waals surface area contributed by atoms with E-state index >= 15 is 0 Å². The van der Waals surface area contributed by atoms with Gasteiger partial charge in [0.15, 0.2) is 0 Å². The van der Waals surface area contributed by atoms with E-state index in [0.29, 0.717) is 20.7 Å². The maximum absolute atomic E-state index is 12.2. The fraction of sp³-hybridized carbons (Fsp3) is 0.0714. The Labute approximate surface area is 156 Å². The Morgan fingerprint density at radius 2 is 1.80 bits per heavy atom. The molecule has 0 saturated heterocycles. The summed E-state index contributed by atoms with van der Waals surface area (Å²) in [5, 5.41) is 11.4. The van der Waals surface area contributed by atoms with Crippen LogP contribution in [0.3, 0.4) is 0 Å². The highest BCUT2D eigenvalue weighted by atomic mass is 35.5. The first-order valence-electron chi connectivity index (χ1n) is 6.83. The molecule has 2 heterocycles. The maximum atomic E-state index is 12.2. The second kappa shape index (κ2) is 7.08. The summed E-state index contributed by atoms with van der Waals surface area (Å²) in [6.07, 6.45) is 0. The number of hydrogen-bond acceptors (Lipinski definition) is 7. The molecule has 0 aliphatic carbocycles. The van der Waals surface area contributed by atoms with E-state index in [1.54, 1.807) is 6.92 Å². The zero-order valence-electron chi connectivity index (χ0n) is 12.7. The molecule has 0 aliphatic heterocycles. The van der Waals surface area contributed by atoms with Gasteiger partial charge in [-0.15, -0.1) is 21.5 Å². The quantitative estimate of drug-likeness (QED) is 0.664. The van der Waals surface area contributed by atoms with E-state index in [9.17, 15) is 13.2 Å². The van der Waals surface area contributed by atoms with Crippen molar-refractivity contribution < 1.29 is 13.2 Å². The molecule has 0 bridgehead atoms. The molecule has 2 N–H and O–H groups in total. The molecule has 130 valence electrons. The molecule has 3 rings (SSSR count). The van der Waals surface area contributed by atoms with Crippen molar-refractivity contribution in [2.45, 2.75) is 11.1 Å². The molecule has 0 unspecified atom stereocenters. The van der Waals surface area contributed by atoms with E-state index in [4.69, 9.17) is 11.6 Å². The number of sulfonamides is 1. The van der Waals surface area contributed by atoms with Crippen molar-refractivity contribution in [2.75, 3.05) is 10.0 Å². The highest BCUT2D eigenvalue weighted by Gasteiger charge is 2.17. The number of thiophene rings is 1. The third-order valence-electron chi connectivity index (χ3n) is 2.96. The fourth-order valence-electron chi connectivity index (χ4n) is 1.85. The monoisotopic (exact) mass is 414 g/mol. The second-order valence-corrected chi connectivity index (χ2v) is 9.63. The number of anilines is 2. The van der Waals surface area contributed by atoms with Gasteiger partial charge in [-0.05, 0) is 43.3 Å². The summed E-state index contributed by atoms with van der Waals surface area (Å²) in [5.41, 5.74) is 0.711. The van der Waals surface area contributed by atoms with Gasteiger partial charge in [-0.2, -0.15) is 0 Å². The first kappa shape index (κ1) is 17.8. The van der Waals surface area contributed by atoms with Crippen LogP contribution in [-0.2, 0) is 10.0 Å². The summed E-state index contributed by atoms with van der Waals surface area (Å²) in [7, 11) is -3.70. The van der Waals surface area contributed by atoms with Crippen LogP contribution in [-0.4, -0.2) is 24.5 Å². The summed E-state index contributed by atoms with van der Waals surface area (Å²) in [6.45, 7) is 1.79. The van der Waals surface area contributed by atoms with E-state index in [1.165, 1.54) is 47.7 Å². The Hall–Kier alpha value is -2.01. The summed E-state index contributed by atoms with van der Waals surface area (Å²) in [4.78, 5) is 12.1. The van der Waals surface area contributed by atoms with Gasteiger partial charge >= 0.3 is 0 Å². The number of nitrogens with zero attached hydrogens (tertiary/aromatic N) is 2. The third kappa shape index (κ3) is 4.34. The molecule has 25 heavy (non-hydrogen) atoms. The largest absolute Gasteiger partial charge is 0.296 e. The predicted octanol–water partition coefficient (Wildman–Crippen LogP) is 3.61. The molecule has 0 saturated carbocycles. The maximum Gasteiger partial charge on any atom is 0.271 e. The van der Waals surface area contributed by atoms with Crippen LogP contribution in [0.25, 0.3) is 0 Å². The number of carbonyl (C=O) groups excluding carboxylic acids is 1. The minimum atomic E-state index is -3.70.